The van der Waals surface area contributed by atoms with E-state index in [0.29, 0.717) is 17.4 Å². The molecule has 3 unspecified atom stereocenters. The van der Waals surface area contributed by atoms with Crippen molar-refractivity contribution in [3.8, 4) is 0 Å². The standard InChI is InChI=1S/C49H79N2O6P/c1-6-8-10-11-12-13-14-15-16-17-18-19-20-21-22-23-24-25-26-27-28-29-30-31-32-33-34-35-36-37-38-39-41-43-49(53)50-47(48(52)42-40-9-7-2)46-57-58(54,55)56-45-44-51(3,4)5/h8,10,12-13,15-16,18-19,21-22,24-25,27-28,30-31,33-34,36-37,40,42,47-48,52H,6-7,9,11,14,17,20,23,26,29,32,35,38-39,41,43-46H2,1-5H3,(H-,50,53,54,55)/b10-8-,13-12-,16-15-,19-18-,22-21-,25-24-,28-27-,31-30-,34-33-,37-36-,42-40+. The van der Waals surface area contributed by atoms with Crippen molar-refractivity contribution >= 4 is 13.7 Å². The lowest BCUT2D eigenvalue weighted by molar-refractivity contribution is -0.870. The van der Waals surface area contributed by atoms with Crippen LogP contribution in [0, 0.1) is 0 Å². The van der Waals surface area contributed by atoms with E-state index < -0.39 is 26.6 Å². The van der Waals surface area contributed by atoms with E-state index in [9.17, 15) is 19.4 Å². The molecule has 0 aromatic rings. The van der Waals surface area contributed by atoms with Gasteiger partial charge in [-0.15, -0.1) is 0 Å². The molecule has 0 aliphatic carbocycles. The summed E-state index contributed by atoms with van der Waals surface area (Å²) in [6.07, 6.45) is 60.4. The smallest absolute Gasteiger partial charge is 0.268 e. The highest BCUT2D eigenvalue weighted by molar-refractivity contribution is 7.45. The van der Waals surface area contributed by atoms with E-state index in [1.165, 1.54) is 0 Å². The molecule has 9 heteroatoms. The molecule has 2 N–H and O–H groups in total. The third-order valence-corrected chi connectivity index (χ3v) is 9.31. The van der Waals surface area contributed by atoms with Crippen molar-refractivity contribution in [3.05, 3.63) is 134 Å². The van der Waals surface area contributed by atoms with Crippen molar-refractivity contribution in [2.24, 2.45) is 0 Å². The lowest BCUT2D eigenvalue weighted by Gasteiger charge is -2.29. The van der Waals surface area contributed by atoms with Crippen LogP contribution in [-0.2, 0) is 18.4 Å². The Morgan fingerprint density at radius 3 is 1.43 bits per heavy atom. The van der Waals surface area contributed by atoms with Crippen molar-refractivity contribution in [3.63, 3.8) is 0 Å². The fraction of sp³-hybridized carbons (Fsp3) is 0.531. The molecule has 3 atom stereocenters. The molecule has 0 saturated carbocycles. The number of unbranched alkanes of at least 4 members (excludes halogenated alkanes) is 3. The minimum Gasteiger partial charge on any atom is -0.756 e. The minimum atomic E-state index is -4.58. The fourth-order valence-electron chi connectivity index (χ4n) is 4.95. The second-order valence-corrected chi connectivity index (χ2v) is 16.4. The number of nitrogens with one attached hydrogen (secondary N) is 1. The van der Waals surface area contributed by atoms with Gasteiger partial charge >= 0.3 is 0 Å². The van der Waals surface area contributed by atoms with Crippen LogP contribution in [0.1, 0.15) is 117 Å². The summed E-state index contributed by atoms with van der Waals surface area (Å²) in [6.45, 7) is 4.22. The van der Waals surface area contributed by atoms with E-state index in [-0.39, 0.29) is 18.9 Å². The number of likely N-dealkylation sites (N-methyl/N-ethyl adjacent to an activating group) is 1. The molecule has 58 heavy (non-hydrogen) atoms. The zero-order chi connectivity index (χ0) is 42.8. The Bertz CT molecular complexity index is 1390. The molecule has 0 bridgehead atoms. The third-order valence-electron chi connectivity index (χ3n) is 8.35. The summed E-state index contributed by atoms with van der Waals surface area (Å²) in [7, 11) is 1.19. The molecule has 326 valence electrons. The van der Waals surface area contributed by atoms with Crippen molar-refractivity contribution < 1.29 is 32.9 Å². The zero-order valence-electron chi connectivity index (χ0n) is 36.7. The summed E-state index contributed by atoms with van der Waals surface area (Å²) in [5.74, 6) is -0.261. The number of rotatable bonds is 36. The monoisotopic (exact) mass is 823 g/mol. The van der Waals surface area contributed by atoms with Crippen LogP contribution in [0.3, 0.4) is 0 Å². The first-order valence-corrected chi connectivity index (χ1v) is 23.0. The Hall–Kier alpha value is -3.36. The summed E-state index contributed by atoms with van der Waals surface area (Å²) in [5, 5.41) is 13.4. The van der Waals surface area contributed by atoms with Gasteiger partial charge in [0, 0.05) is 6.42 Å². The number of phosphoric acid groups is 1. The highest BCUT2D eigenvalue weighted by Crippen LogP contribution is 2.38. The maximum Gasteiger partial charge on any atom is 0.268 e. The number of aliphatic hydroxyl groups excluding tert-OH is 1. The highest BCUT2D eigenvalue weighted by atomic mass is 31.2. The van der Waals surface area contributed by atoms with Gasteiger partial charge in [-0.2, -0.15) is 0 Å². The molecule has 0 heterocycles. The average Bonchev–Trinajstić information content (AvgIpc) is 3.17. The Kier molecular flexibility index (Phi) is 36.9. The van der Waals surface area contributed by atoms with Crippen molar-refractivity contribution in [1.82, 2.24) is 5.32 Å². The van der Waals surface area contributed by atoms with Gasteiger partial charge in [0.2, 0.25) is 5.91 Å². The second kappa shape index (κ2) is 39.1. The number of allylic oxidation sites excluding steroid dienone is 21. The predicted octanol–water partition coefficient (Wildman–Crippen LogP) is 11.4. The topological polar surface area (TPSA) is 108 Å². The normalized spacial score (nSPS) is 15.6. The first-order chi connectivity index (χ1) is 28.0. The summed E-state index contributed by atoms with van der Waals surface area (Å²) < 4.78 is 22.8. The Morgan fingerprint density at radius 2 is 1.03 bits per heavy atom. The van der Waals surface area contributed by atoms with Gasteiger partial charge in [-0.25, -0.2) is 0 Å². The fourth-order valence-corrected chi connectivity index (χ4v) is 5.67. The van der Waals surface area contributed by atoms with Crippen LogP contribution in [0.5, 0.6) is 0 Å². The van der Waals surface area contributed by atoms with Gasteiger partial charge < -0.3 is 28.8 Å². The second-order valence-electron chi connectivity index (χ2n) is 15.0. The average molecular weight is 823 g/mol. The maximum absolute atomic E-state index is 12.6. The van der Waals surface area contributed by atoms with Crippen LogP contribution in [0.2, 0.25) is 0 Å². The van der Waals surface area contributed by atoms with Gasteiger partial charge in [-0.3, -0.25) is 9.36 Å². The van der Waals surface area contributed by atoms with E-state index in [0.717, 1.165) is 89.9 Å². The SMILES string of the molecule is CC/C=C\C/C=C\C/C=C\C/C=C\C/C=C\C/C=C\C/C=C\C/C=C\C/C=C\C/C=C\CCCCC(=O)NC(COP(=O)([O-])OCC[N+](C)(C)C)C(O)/C=C/CCC. The Balaban J connectivity index is 4.10. The third kappa shape index (κ3) is 40.8. The number of hydrogen-bond donors (Lipinski definition) is 2. The van der Waals surface area contributed by atoms with E-state index >= 15 is 0 Å². The number of aliphatic hydroxyl groups is 1. The van der Waals surface area contributed by atoms with Gasteiger partial charge in [0.25, 0.3) is 7.82 Å². The number of hydrogen-bond acceptors (Lipinski definition) is 6. The van der Waals surface area contributed by atoms with Gasteiger partial charge in [-0.1, -0.05) is 154 Å². The van der Waals surface area contributed by atoms with Crippen molar-refractivity contribution in [2.75, 3.05) is 40.9 Å². The number of carbonyl (C=O) groups excluding carboxylic acids is 1. The number of nitrogens with zero attached hydrogens (tertiary/aromatic N) is 1. The molecule has 0 radical (unpaired) electrons. The van der Waals surface area contributed by atoms with Crippen molar-refractivity contribution in [2.45, 2.75) is 129 Å². The Labute approximate surface area is 354 Å². The molecule has 0 aliphatic rings. The van der Waals surface area contributed by atoms with Gasteiger partial charge in [0.05, 0.1) is 39.9 Å². The molecular weight excluding hydrogens is 744 g/mol. The number of carbonyl (C=O) groups is 1. The molecular formula is C49H79N2O6P. The number of quaternary nitrogens is 1. The van der Waals surface area contributed by atoms with Gasteiger partial charge in [-0.05, 0) is 89.9 Å². The summed E-state index contributed by atoms with van der Waals surface area (Å²) in [6, 6.07) is -0.915. The van der Waals surface area contributed by atoms with Crippen LogP contribution < -0.4 is 10.2 Å². The molecule has 0 rings (SSSR count). The highest BCUT2D eigenvalue weighted by Gasteiger charge is 2.23. The predicted molar refractivity (Wildman–Crippen MR) is 246 cm³/mol. The van der Waals surface area contributed by atoms with Crippen LogP contribution in [0.15, 0.2) is 134 Å². The van der Waals surface area contributed by atoms with E-state index in [2.05, 4.69) is 134 Å². The largest absolute Gasteiger partial charge is 0.756 e. The molecule has 8 nitrogen and oxygen atoms in total. The van der Waals surface area contributed by atoms with E-state index in [1.807, 2.05) is 34.1 Å². The maximum atomic E-state index is 12.6. The molecule has 0 saturated heterocycles. The minimum absolute atomic E-state index is 0.0198. The lowest BCUT2D eigenvalue weighted by Crippen LogP contribution is -2.45. The first kappa shape index (κ1) is 54.6. The van der Waals surface area contributed by atoms with Crippen LogP contribution in [-0.4, -0.2) is 68.5 Å². The molecule has 0 aromatic carbocycles. The van der Waals surface area contributed by atoms with Gasteiger partial charge in [0.15, 0.2) is 0 Å². The van der Waals surface area contributed by atoms with Crippen LogP contribution >= 0.6 is 7.82 Å². The van der Waals surface area contributed by atoms with Crippen LogP contribution in [0.25, 0.3) is 0 Å². The Morgan fingerprint density at radius 1 is 0.621 bits per heavy atom. The van der Waals surface area contributed by atoms with Crippen LogP contribution in [0.4, 0.5) is 0 Å². The van der Waals surface area contributed by atoms with Crippen molar-refractivity contribution in [1.29, 1.82) is 0 Å². The quantitative estimate of drug-likeness (QED) is 0.0282. The van der Waals surface area contributed by atoms with Gasteiger partial charge in [0.1, 0.15) is 13.2 Å². The molecule has 1 amide bonds. The summed E-state index contributed by atoms with van der Waals surface area (Å²) >= 11 is 0. The molecule has 0 aromatic heterocycles. The molecule has 0 fully saturated rings. The number of amides is 1. The van der Waals surface area contributed by atoms with E-state index in [1.54, 1.807) is 6.08 Å². The lowest BCUT2D eigenvalue weighted by atomic mass is 10.1. The summed E-state index contributed by atoms with van der Waals surface area (Å²) in [5.41, 5.74) is 0. The molecule has 0 aliphatic heterocycles. The number of phosphoric ester groups is 1. The van der Waals surface area contributed by atoms with E-state index in [4.69, 9.17) is 9.05 Å². The molecule has 0 spiro atoms. The summed E-state index contributed by atoms with van der Waals surface area (Å²) in [4.78, 5) is 24.9. The zero-order valence-corrected chi connectivity index (χ0v) is 37.6. The first-order valence-electron chi connectivity index (χ1n) is 21.5.